The second-order valence-electron chi connectivity index (χ2n) is 12.3. The Balaban J connectivity index is 1.23. The van der Waals surface area contributed by atoms with E-state index in [1.54, 1.807) is 31.2 Å². The van der Waals surface area contributed by atoms with Gasteiger partial charge in [0.2, 0.25) is 5.91 Å². The molecule has 0 bridgehead atoms. The van der Waals surface area contributed by atoms with Crippen molar-refractivity contribution in [1.82, 2.24) is 10.2 Å². The minimum atomic E-state index is -1.14. The van der Waals surface area contributed by atoms with Crippen LogP contribution in [0.15, 0.2) is 72.8 Å². The van der Waals surface area contributed by atoms with E-state index in [0.29, 0.717) is 5.56 Å². The predicted octanol–water partition coefficient (Wildman–Crippen LogP) is 4.95. The Bertz CT molecular complexity index is 1570. The van der Waals surface area contributed by atoms with Crippen LogP contribution in [0.25, 0.3) is 11.1 Å². The lowest BCUT2D eigenvalue weighted by molar-refractivity contribution is -0.148. The van der Waals surface area contributed by atoms with Gasteiger partial charge in [-0.05, 0) is 46.2 Å². The maximum absolute atomic E-state index is 13.2. The van der Waals surface area contributed by atoms with Gasteiger partial charge in [-0.25, -0.2) is 9.59 Å². The first-order valence-electron chi connectivity index (χ1n) is 15.9. The van der Waals surface area contributed by atoms with Gasteiger partial charge in [0, 0.05) is 19.4 Å². The zero-order chi connectivity index (χ0) is 34.8. The normalized spacial score (nSPS) is 13.2. The number of amides is 2. The van der Waals surface area contributed by atoms with Crippen LogP contribution in [0.4, 0.5) is 4.79 Å². The van der Waals surface area contributed by atoms with Crippen LogP contribution in [0.5, 0.6) is 0 Å². The lowest BCUT2D eigenvalue weighted by Crippen LogP contribution is -2.44. The van der Waals surface area contributed by atoms with Crippen LogP contribution in [0.3, 0.4) is 0 Å². The third-order valence-corrected chi connectivity index (χ3v) is 8.33. The van der Waals surface area contributed by atoms with Gasteiger partial charge in [0.1, 0.15) is 26.6 Å². The molecule has 0 aliphatic heterocycles. The van der Waals surface area contributed by atoms with Crippen molar-refractivity contribution in [3.8, 4) is 11.1 Å². The Morgan fingerprint density at radius 3 is 2.00 bits per heavy atom. The number of hydrogen-bond donors (Lipinski definition) is 2. The topological polar surface area (TPSA) is 149 Å². The number of hydrogen-bond acceptors (Lipinski definition) is 8. The third-order valence-electron chi connectivity index (χ3n) is 8.33. The van der Waals surface area contributed by atoms with E-state index in [-0.39, 0.29) is 56.3 Å². The molecule has 0 radical (unpaired) electrons. The highest BCUT2D eigenvalue weighted by atomic mass is 16.6. The number of ether oxygens (including phenoxy) is 3. The number of esters is 1. The Labute approximate surface area is 280 Å². The smallest absolute Gasteiger partial charge is 0.411 e. The van der Waals surface area contributed by atoms with Crippen LogP contribution in [-0.4, -0.2) is 72.8 Å². The molecule has 0 saturated carbocycles. The Hall–Kier alpha value is -5.03. The first-order chi connectivity index (χ1) is 22.9. The van der Waals surface area contributed by atoms with Gasteiger partial charge in [0.05, 0.1) is 18.4 Å². The largest absolute Gasteiger partial charge is 0.480 e. The summed E-state index contributed by atoms with van der Waals surface area (Å²) in [6.07, 6.45) is -0.704. The molecule has 0 fully saturated rings. The van der Waals surface area contributed by atoms with Gasteiger partial charge in [-0.1, -0.05) is 86.6 Å². The summed E-state index contributed by atoms with van der Waals surface area (Å²) >= 11 is 0. The minimum absolute atomic E-state index is 0.0247. The number of Topliss-reactive ketones (excluding diaryl/α,β-unsaturated/α-hetero) is 1. The van der Waals surface area contributed by atoms with Gasteiger partial charge in [-0.3, -0.25) is 19.3 Å². The molecule has 11 nitrogen and oxygen atoms in total. The number of nitrogens with zero attached hydrogens (tertiary/aromatic N) is 1. The first-order valence-corrected chi connectivity index (χ1v) is 15.9. The Kier molecular flexibility index (Phi) is 12.5. The summed E-state index contributed by atoms with van der Waals surface area (Å²) < 4.78 is 15.8. The lowest BCUT2D eigenvalue weighted by atomic mass is 9.91. The highest BCUT2D eigenvalue weighted by Crippen LogP contribution is 2.44. The van der Waals surface area contributed by atoms with Crippen LogP contribution in [0.2, 0.25) is 0 Å². The Morgan fingerprint density at radius 2 is 1.42 bits per heavy atom. The summed E-state index contributed by atoms with van der Waals surface area (Å²) in [5.74, 6) is -3.09. The molecule has 11 heteroatoms. The molecule has 2 amide bonds. The number of carboxylic acid groups (broad SMARTS) is 1. The molecule has 2 atom stereocenters. The molecular weight excluding hydrogens is 616 g/mol. The standard InChI is InChI=1S/C37H42N2O9/c1-23(2)31(18-35(43)47-20-32-29-11-7-5-9-27(29)28-10-6-8-12-30(28)32)36(44)38-24(3)33(40)17-25-13-15-26(16-14-25)19-48-37(45)39(4)22-46-21-34(41)42/h5-16,23-24,31-32H,17-22H2,1-4H3,(H,38,44)(H,41,42)/t24-,31-/m0/s1. The molecule has 2 N–H and O–H groups in total. The van der Waals surface area contributed by atoms with Crippen molar-refractivity contribution in [2.75, 3.05) is 27.0 Å². The number of fused-ring (bicyclic) bond motifs is 3. The molecule has 254 valence electrons. The van der Waals surface area contributed by atoms with Gasteiger partial charge in [-0.2, -0.15) is 0 Å². The second kappa shape index (κ2) is 16.7. The van der Waals surface area contributed by atoms with Crippen LogP contribution >= 0.6 is 0 Å². The minimum Gasteiger partial charge on any atom is -0.480 e. The number of benzene rings is 3. The number of nitrogens with one attached hydrogen (secondary N) is 1. The van der Waals surface area contributed by atoms with Crippen LogP contribution < -0.4 is 5.32 Å². The molecule has 0 unspecified atom stereocenters. The van der Waals surface area contributed by atoms with E-state index in [4.69, 9.17) is 19.3 Å². The van der Waals surface area contributed by atoms with Gasteiger partial charge >= 0.3 is 18.0 Å². The predicted molar refractivity (Wildman–Crippen MR) is 177 cm³/mol. The van der Waals surface area contributed by atoms with E-state index in [1.807, 2.05) is 50.2 Å². The van der Waals surface area contributed by atoms with Crippen molar-refractivity contribution in [2.45, 2.75) is 52.2 Å². The molecule has 1 aliphatic carbocycles. The van der Waals surface area contributed by atoms with Gasteiger partial charge < -0.3 is 24.6 Å². The van der Waals surface area contributed by atoms with Crippen LogP contribution in [0, 0.1) is 11.8 Å². The van der Waals surface area contributed by atoms with E-state index < -0.39 is 36.6 Å². The zero-order valence-corrected chi connectivity index (χ0v) is 27.6. The summed E-state index contributed by atoms with van der Waals surface area (Å²) in [5, 5.41) is 11.4. The van der Waals surface area contributed by atoms with E-state index in [9.17, 15) is 24.0 Å². The molecule has 0 aromatic heterocycles. The van der Waals surface area contributed by atoms with Crippen molar-refractivity contribution in [1.29, 1.82) is 0 Å². The SMILES string of the molecule is CC(C)[C@H](CC(=O)OCC1c2ccccc2-c2ccccc21)C(=O)N[C@@H](C)C(=O)Cc1ccc(COC(=O)N(C)COCC(=O)O)cc1. The first kappa shape index (κ1) is 35.8. The highest BCUT2D eigenvalue weighted by molar-refractivity contribution is 5.92. The summed E-state index contributed by atoms with van der Waals surface area (Å²) in [6.45, 7) is 4.73. The summed E-state index contributed by atoms with van der Waals surface area (Å²) in [4.78, 5) is 62.9. The number of rotatable bonds is 16. The van der Waals surface area contributed by atoms with Crippen molar-refractivity contribution >= 4 is 29.7 Å². The zero-order valence-electron chi connectivity index (χ0n) is 27.6. The van der Waals surface area contributed by atoms with Crippen LogP contribution in [0.1, 0.15) is 55.4 Å². The molecule has 48 heavy (non-hydrogen) atoms. The van der Waals surface area contributed by atoms with E-state index in [1.165, 1.54) is 7.05 Å². The quantitative estimate of drug-likeness (QED) is 0.161. The fourth-order valence-electron chi connectivity index (χ4n) is 5.57. The number of ketones is 1. The van der Waals surface area contributed by atoms with Crippen molar-refractivity contribution in [3.63, 3.8) is 0 Å². The van der Waals surface area contributed by atoms with Gasteiger partial charge in [0.15, 0.2) is 5.78 Å². The van der Waals surface area contributed by atoms with Crippen molar-refractivity contribution in [2.24, 2.45) is 11.8 Å². The fourth-order valence-corrected chi connectivity index (χ4v) is 5.57. The monoisotopic (exact) mass is 658 g/mol. The number of aliphatic carboxylic acids is 1. The van der Waals surface area contributed by atoms with E-state index in [0.717, 1.165) is 32.7 Å². The number of carboxylic acids is 1. The van der Waals surface area contributed by atoms with Crippen molar-refractivity contribution in [3.05, 3.63) is 95.1 Å². The molecule has 0 spiro atoms. The highest BCUT2D eigenvalue weighted by Gasteiger charge is 2.31. The summed E-state index contributed by atoms with van der Waals surface area (Å²) in [6, 6.07) is 22.3. The maximum Gasteiger partial charge on any atom is 0.411 e. The molecule has 3 aromatic carbocycles. The molecule has 1 aliphatic rings. The number of carbonyl (C=O) groups excluding carboxylic acids is 4. The number of carbonyl (C=O) groups is 5. The van der Waals surface area contributed by atoms with Crippen molar-refractivity contribution < 1.29 is 43.3 Å². The molecular formula is C37H42N2O9. The molecule has 0 saturated heterocycles. The fraction of sp³-hybridized carbons (Fsp3) is 0.378. The van der Waals surface area contributed by atoms with Gasteiger partial charge in [-0.15, -0.1) is 0 Å². The van der Waals surface area contributed by atoms with Gasteiger partial charge in [0.25, 0.3) is 0 Å². The average molecular weight is 659 g/mol. The molecule has 4 rings (SSSR count). The average Bonchev–Trinajstić information content (AvgIpc) is 3.38. The van der Waals surface area contributed by atoms with E-state index >= 15 is 0 Å². The Morgan fingerprint density at radius 1 is 0.833 bits per heavy atom. The lowest BCUT2D eigenvalue weighted by Gasteiger charge is -2.22. The molecule has 0 heterocycles. The van der Waals surface area contributed by atoms with E-state index in [2.05, 4.69) is 17.4 Å². The second-order valence-corrected chi connectivity index (χ2v) is 12.3. The third kappa shape index (κ3) is 9.51. The van der Waals surface area contributed by atoms with Crippen LogP contribution in [-0.2, 0) is 46.4 Å². The molecule has 3 aromatic rings. The summed E-state index contributed by atoms with van der Waals surface area (Å²) in [7, 11) is 1.42. The maximum atomic E-state index is 13.2. The summed E-state index contributed by atoms with van der Waals surface area (Å²) in [5.41, 5.74) is 5.90.